The lowest BCUT2D eigenvalue weighted by atomic mass is 9.74. The first kappa shape index (κ1) is 17.5. The van der Waals surface area contributed by atoms with Crippen LogP contribution in [0.5, 0.6) is 0 Å². The van der Waals surface area contributed by atoms with Gasteiger partial charge in [0.25, 0.3) is 0 Å². The van der Waals surface area contributed by atoms with Gasteiger partial charge in [0.2, 0.25) is 0 Å². The van der Waals surface area contributed by atoms with E-state index >= 15 is 0 Å². The molecule has 0 aliphatic carbocycles. The molecule has 7 heteroatoms. The van der Waals surface area contributed by atoms with Crippen LogP contribution in [-0.2, 0) is 16.3 Å². The Morgan fingerprint density at radius 1 is 1.33 bits per heavy atom. The van der Waals surface area contributed by atoms with Crippen molar-refractivity contribution in [2.24, 2.45) is 11.3 Å². The van der Waals surface area contributed by atoms with E-state index in [1.165, 1.54) is 6.07 Å². The fourth-order valence-electron chi connectivity index (χ4n) is 2.83. The van der Waals surface area contributed by atoms with Gasteiger partial charge in [0.05, 0.1) is 16.0 Å². The van der Waals surface area contributed by atoms with Crippen LogP contribution in [0, 0.1) is 17.2 Å². The van der Waals surface area contributed by atoms with E-state index in [1.54, 1.807) is 12.1 Å². The predicted molar refractivity (Wildman–Crippen MR) is 88.4 cm³/mol. The van der Waals surface area contributed by atoms with Crippen LogP contribution in [0.4, 0.5) is 4.39 Å². The summed E-state index contributed by atoms with van der Waals surface area (Å²) in [6.45, 7) is 0. The minimum atomic E-state index is -2.99. The highest BCUT2D eigenvalue weighted by Gasteiger charge is 2.43. The number of hydrogen-bond acceptors (Lipinski definition) is 2. The van der Waals surface area contributed by atoms with E-state index in [1.807, 2.05) is 0 Å². The first-order valence-electron chi connectivity index (χ1n) is 6.58. The average Bonchev–Trinajstić information content (AvgIpc) is 2.81. The summed E-state index contributed by atoms with van der Waals surface area (Å²) < 4.78 is 37.2. The Labute approximate surface area is 143 Å². The van der Waals surface area contributed by atoms with Gasteiger partial charge in [0.15, 0.2) is 9.84 Å². The number of sulfone groups is 1. The summed E-state index contributed by atoms with van der Waals surface area (Å²) in [6.07, 6.45) is 1.13. The lowest BCUT2D eigenvalue weighted by Crippen LogP contribution is -2.37. The standard InChI is InChI=1S/C14H16BrCl2FO2S/c15-12-5-10(1-2-13(12)18)6-14(8-16,9-17)11-3-4-21(19,20)7-11/h1-2,5,11H,3-4,6-9H2. The summed E-state index contributed by atoms with van der Waals surface area (Å²) in [6, 6.07) is 4.78. The molecule has 2 nitrogen and oxygen atoms in total. The van der Waals surface area contributed by atoms with Gasteiger partial charge in [-0.15, -0.1) is 23.2 Å². The second-order valence-corrected chi connectivity index (χ2v) is 9.27. The number of halogens is 4. The van der Waals surface area contributed by atoms with Crippen molar-refractivity contribution in [3.8, 4) is 0 Å². The summed E-state index contributed by atoms with van der Waals surface area (Å²) >= 11 is 15.5. The van der Waals surface area contributed by atoms with Gasteiger partial charge >= 0.3 is 0 Å². The van der Waals surface area contributed by atoms with Gasteiger partial charge in [-0.05, 0) is 52.4 Å². The molecule has 1 aliphatic heterocycles. The van der Waals surface area contributed by atoms with Crippen LogP contribution in [-0.4, -0.2) is 31.7 Å². The zero-order chi connectivity index (χ0) is 15.7. The summed E-state index contributed by atoms with van der Waals surface area (Å²) in [5.74, 6) is 0.512. The van der Waals surface area contributed by atoms with Gasteiger partial charge < -0.3 is 0 Å². The van der Waals surface area contributed by atoms with Crippen molar-refractivity contribution in [2.75, 3.05) is 23.3 Å². The highest BCUT2D eigenvalue weighted by Crippen LogP contribution is 2.41. The normalized spacial score (nSPS) is 21.6. The Bertz CT molecular complexity index is 617. The molecule has 1 fully saturated rings. The van der Waals surface area contributed by atoms with Crippen LogP contribution < -0.4 is 0 Å². The lowest BCUT2D eigenvalue weighted by molar-refractivity contribution is 0.244. The smallest absolute Gasteiger partial charge is 0.150 e. The molecule has 0 aromatic heterocycles. The van der Waals surface area contributed by atoms with Crippen molar-refractivity contribution in [2.45, 2.75) is 12.8 Å². The van der Waals surface area contributed by atoms with E-state index in [-0.39, 0.29) is 35.0 Å². The number of alkyl halides is 2. The average molecular weight is 418 g/mol. The zero-order valence-corrected chi connectivity index (χ0v) is 15.2. The second kappa shape index (κ2) is 6.73. The van der Waals surface area contributed by atoms with E-state index in [2.05, 4.69) is 15.9 Å². The van der Waals surface area contributed by atoms with Crippen molar-refractivity contribution >= 4 is 49.0 Å². The molecule has 1 atom stereocenters. The number of hydrogen-bond donors (Lipinski definition) is 0. The molecule has 0 spiro atoms. The maximum atomic E-state index is 13.3. The van der Waals surface area contributed by atoms with E-state index in [0.717, 1.165) is 5.56 Å². The molecule has 1 aromatic rings. The fourth-order valence-corrected chi connectivity index (χ4v) is 6.11. The van der Waals surface area contributed by atoms with E-state index in [4.69, 9.17) is 23.2 Å². The number of rotatable bonds is 5. The monoisotopic (exact) mass is 416 g/mol. The lowest BCUT2D eigenvalue weighted by Gasteiger charge is -2.35. The third kappa shape index (κ3) is 3.92. The maximum Gasteiger partial charge on any atom is 0.150 e. The Morgan fingerprint density at radius 3 is 2.48 bits per heavy atom. The SMILES string of the molecule is O=S1(=O)CCC(C(CCl)(CCl)Cc2ccc(F)c(Br)c2)C1. The van der Waals surface area contributed by atoms with Gasteiger partial charge in [-0.2, -0.15) is 0 Å². The first-order valence-corrected chi connectivity index (χ1v) is 10.3. The molecule has 2 rings (SSSR count). The van der Waals surface area contributed by atoms with Crippen molar-refractivity contribution in [1.29, 1.82) is 0 Å². The van der Waals surface area contributed by atoms with Crippen molar-refractivity contribution in [3.63, 3.8) is 0 Å². The van der Waals surface area contributed by atoms with Gasteiger partial charge in [-0.25, -0.2) is 12.8 Å². The Morgan fingerprint density at radius 2 is 2.00 bits per heavy atom. The topological polar surface area (TPSA) is 34.1 Å². The van der Waals surface area contributed by atoms with Crippen LogP contribution in [0.25, 0.3) is 0 Å². The van der Waals surface area contributed by atoms with Crippen LogP contribution >= 0.6 is 39.1 Å². The van der Waals surface area contributed by atoms with Crippen LogP contribution in [0.3, 0.4) is 0 Å². The van der Waals surface area contributed by atoms with Gasteiger partial charge in [0.1, 0.15) is 5.82 Å². The van der Waals surface area contributed by atoms with E-state index < -0.39 is 15.3 Å². The van der Waals surface area contributed by atoms with E-state index in [9.17, 15) is 12.8 Å². The molecule has 0 amide bonds. The molecule has 1 heterocycles. The van der Waals surface area contributed by atoms with Crippen LogP contribution in [0.15, 0.2) is 22.7 Å². The van der Waals surface area contributed by atoms with Crippen molar-refractivity contribution in [1.82, 2.24) is 0 Å². The summed E-state index contributed by atoms with van der Waals surface area (Å²) in [5, 5.41) is 0. The molecule has 1 unspecified atom stereocenters. The molecule has 0 bridgehead atoms. The molecular weight excluding hydrogens is 402 g/mol. The molecule has 1 aliphatic rings. The molecule has 1 saturated heterocycles. The molecule has 0 radical (unpaired) electrons. The highest BCUT2D eigenvalue weighted by atomic mass is 79.9. The molecule has 118 valence electrons. The van der Waals surface area contributed by atoms with Crippen molar-refractivity contribution < 1.29 is 12.8 Å². The minimum absolute atomic E-state index is 0.0543. The largest absolute Gasteiger partial charge is 0.229 e. The second-order valence-electron chi connectivity index (χ2n) is 5.65. The van der Waals surface area contributed by atoms with E-state index in [0.29, 0.717) is 17.3 Å². The number of benzene rings is 1. The Hall–Kier alpha value is 0.160. The maximum absolute atomic E-state index is 13.3. The minimum Gasteiger partial charge on any atom is -0.229 e. The summed E-state index contributed by atoms with van der Waals surface area (Å²) in [7, 11) is -2.99. The van der Waals surface area contributed by atoms with Gasteiger partial charge in [-0.1, -0.05) is 6.07 Å². The Kier molecular flexibility index (Phi) is 5.61. The molecule has 1 aromatic carbocycles. The van der Waals surface area contributed by atoms with Crippen LogP contribution in [0.1, 0.15) is 12.0 Å². The molecular formula is C14H16BrCl2FO2S. The fraction of sp³-hybridized carbons (Fsp3) is 0.571. The quantitative estimate of drug-likeness (QED) is 0.677. The zero-order valence-electron chi connectivity index (χ0n) is 11.3. The van der Waals surface area contributed by atoms with Crippen LogP contribution in [0.2, 0.25) is 0 Å². The molecule has 0 N–H and O–H groups in total. The summed E-state index contributed by atoms with van der Waals surface area (Å²) in [4.78, 5) is 0. The third-order valence-corrected chi connectivity index (χ3v) is 7.61. The first-order chi connectivity index (χ1) is 9.82. The Balaban J connectivity index is 2.27. The van der Waals surface area contributed by atoms with Crippen molar-refractivity contribution in [3.05, 3.63) is 34.1 Å². The molecule has 0 saturated carbocycles. The predicted octanol–water partition coefficient (Wildman–Crippen LogP) is 4.03. The summed E-state index contributed by atoms with van der Waals surface area (Å²) in [5.41, 5.74) is 0.415. The third-order valence-electron chi connectivity index (χ3n) is 4.17. The molecule has 21 heavy (non-hydrogen) atoms. The van der Waals surface area contributed by atoms with Gasteiger partial charge in [0, 0.05) is 17.2 Å². The van der Waals surface area contributed by atoms with Gasteiger partial charge in [-0.3, -0.25) is 0 Å². The highest BCUT2D eigenvalue weighted by molar-refractivity contribution is 9.10.